The highest BCUT2D eigenvalue weighted by Gasteiger charge is 2.07. The molecule has 19 heavy (non-hydrogen) atoms. The summed E-state index contributed by atoms with van der Waals surface area (Å²) in [6.45, 7) is 2.13. The van der Waals surface area contributed by atoms with Gasteiger partial charge in [0.2, 0.25) is 0 Å². The van der Waals surface area contributed by atoms with Gasteiger partial charge >= 0.3 is 0 Å². The molecular weight excluding hydrogens is 257 g/mol. The van der Waals surface area contributed by atoms with Crippen molar-refractivity contribution in [3.05, 3.63) is 65.5 Å². The van der Waals surface area contributed by atoms with E-state index in [9.17, 15) is 4.39 Å². The number of nitrogens with two attached hydrogens (primary N) is 1. The van der Waals surface area contributed by atoms with Crippen molar-refractivity contribution < 1.29 is 4.39 Å². The summed E-state index contributed by atoms with van der Waals surface area (Å²) in [6.07, 6.45) is 1.04. The van der Waals surface area contributed by atoms with Crippen LogP contribution in [0.25, 0.3) is 0 Å². The van der Waals surface area contributed by atoms with E-state index in [2.05, 4.69) is 31.2 Å². The molecule has 0 aliphatic carbocycles. The third-order valence-electron chi connectivity index (χ3n) is 3.04. The quantitative estimate of drug-likeness (QED) is 0.828. The molecule has 1 unspecified atom stereocenters. The van der Waals surface area contributed by atoms with Crippen LogP contribution in [0.5, 0.6) is 0 Å². The van der Waals surface area contributed by atoms with Crippen LogP contribution in [0, 0.1) is 5.82 Å². The zero-order chi connectivity index (χ0) is 13.7. The second-order valence-electron chi connectivity index (χ2n) is 4.47. The van der Waals surface area contributed by atoms with Gasteiger partial charge in [0.1, 0.15) is 5.82 Å². The van der Waals surface area contributed by atoms with E-state index in [-0.39, 0.29) is 11.9 Å². The van der Waals surface area contributed by atoms with Gasteiger partial charge in [-0.3, -0.25) is 0 Å². The highest BCUT2D eigenvalue weighted by molar-refractivity contribution is 7.99. The highest BCUT2D eigenvalue weighted by Crippen LogP contribution is 2.24. The fourth-order valence-corrected chi connectivity index (χ4v) is 2.77. The Bertz CT molecular complexity index is 525. The summed E-state index contributed by atoms with van der Waals surface area (Å²) in [5, 5.41) is 0. The van der Waals surface area contributed by atoms with E-state index < -0.39 is 0 Å². The Labute approximate surface area is 118 Å². The first-order chi connectivity index (χ1) is 9.19. The van der Waals surface area contributed by atoms with Crippen molar-refractivity contribution in [2.24, 2.45) is 5.73 Å². The molecule has 2 aromatic carbocycles. The average molecular weight is 275 g/mol. The predicted octanol–water partition coefficient (Wildman–Crippen LogP) is 4.18. The van der Waals surface area contributed by atoms with Crippen LogP contribution in [0.15, 0.2) is 53.4 Å². The summed E-state index contributed by atoms with van der Waals surface area (Å²) in [5.41, 5.74) is 8.60. The van der Waals surface area contributed by atoms with Crippen LogP contribution < -0.4 is 5.73 Å². The lowest BCUT2D eigenvalue weighted by Gasteiger charge is -2.12. The van der Waals surface area contributed by atoms with Gasteiger partial charge in [-0.15, -0.1) is 11.8 Å². The molecule has 0 bridgehead atoms. The van der Waals surface area contributed by atoms with E-state index in [1.54, 1.807) is 17.8 Å². The van der Waals surface area contributed by atoms with Crippen molar-refractivity contribution in [1.82, 2.24) is 0 Å². The molecule has 0 fully saturated rings. The monoisotopic (exact) mass is 275 g/mol. The largest absolute Gasteiger partial charge is 0.323 e. The molecule has 0 aliphatic rings. The van der Waals surface area contributed by atoms with Gasteiger partial charge in [0.15, 0.2) is 0 Å². The molecule has 0 aromatic heterocycles. The summed E-state index contributed by atoms with van der Waals surface area (Å²) in [5.74, 6) is 0.542. The highest BCUT2D eigenvalue weighted by atomic mass is 32.2. The minimum atomic E-state index is -0.203. The fourth-order valence-electron chi connectivity index (χ4n) is 1.84. The number of halogens is 1. The van der Waals surface area contributed by atoms with Gasteiger partial charge in [-0.2, -0.15) is 0 Å². The lowest BCUT2D eigenvalue weighted by molar-refractivity contribution is 0.624. The van der Waals surface area contributed by atoms with Crippen LogP contribution in [0.1, 0.15) is 24.1 Å². The second-order valence-corrected chi connectivity index (χ2v) is 5.56. The number of hydrogen-bond acceptors (Lipinski definition) is 2. The maximum atomic E-state index is 13.1. The van der Waals surface area contributed by atoms with Crippen LogP contribution in [-0.2, 0) is 6.42 Å². The molecule has 1 nitrogen and oxygen atoms in total. The van der Waals surface area contributed by atoms with Crippen LogP contribution in [-0.4, -0.2) is 5.75 Å². The summed E-state index contributed by atoms with van der Waals surface area (Å²) < 4.78 is 13.1. The van der Waals surface area contributed by atoms with Crippen molar-refractivity contribution in [3.8, 4) is 0 Å². The van der Waals surface area contributed by atoms with Gasteiger partial charge in [-0.1, -0.05) is 37.3 Å². The zero-order valence-corrected chi connectivity index (χ0v) is 11.8. The average Bonchev–Trinajstić information content (AvgIpc) is 2.45. The van der Waals surface area contributed by atoms with E-state index in [1.807, 2.05) is 6.07 Å². The molecule has 2 aromatic rings. The smallest absolute Gasteiger partial charge is 0.124 e. The van der Waals surface area contributed by atoms with Gasteiger partial charge in [0.25, 0.3) is 0 Å². The normalized spacial score (nSPS) is 12.4. The van der Waals surface area contributed by atoms with Gasteiger partial charge in [0, 0.05) is 16.7 Å². The molecule has 0 spiro atoms. The Kier molecular flexibility index (Phi) is 5.00. The Hall–Kier alpha value is -1.32. The first-order valence-corrected chi connectivity index (χ1v) is 7.40. The molecule has 0 radical (unpaired) electrons. The number of benzene rings is 2. The predicted molar refractivity (Wildman–Crippen MR) is 79.9 cm³/mol. The van der Waals surface area contributed by atoms with Crippen molar-refractivity contribution in [3.63, 3.8) is 0 Å². The molecule has 2 rings (SSSR count). The Balaban J connectivity index is 1.95. The topological polar surface area (TPSA) is 26.0 Å². The molecule has 0 aliphatic heterocycles. The van der Waals surface area contributed by atoms with Crippen molar-refractivity contribution in [2.45, 2.75) is 24.3 Å². The summed E-state index contributed by atoms with van der Waals surface area (Å²) in [7, 11) is 0. The minimum absolute atomic E-state index is 0.0285. The standard InChI is InChI=1S/C16H18FNS/c1-2-12-6-8-13(9-7-12)16(18)11-19-15-5-3-4-14(17)10-15/h3-10,16H,2,11,18H2,1H3. The van der Waals surface area contributed by atoms with Crippen molar-refractivity contribution >= 4 is 11.8 Å². The molecule has 0 saturated heterocycles. The van der Waals surface area contributed by atoms with E-state index in [1.165, 1.54) is 17.7 Å². The van der Waals surface area contributed by atoms with Gasteiger partial charge in [-0.25, -0.2) is 4.39 Å². The van der Waals surface area contributed by atoms with E-state index >= 15 is 0 Å². The molecule has 2 N–H and O–H groups in total. The van der Waals surface area contributed by atoms with E-state index in [4.69, 9.17) is 5.73 Å². The van der Waals surface area contributed by atoms with Crippen molar-refractivity contribution in [2.75, 3.05) is 5.75 Å². The lowest BCUT2D eigenvalue weighted by Crippen LogP contribution is -2.12. The Morgan fingerprint density at radius 1 is 1.16 bits per heavy atom. The minimum Gasteiger partial charge on any atom is -0.323 e. The molecule has 0 amide bonds. The third-order valence-corrected chi connectivity index (χ3v) is 4.15. The summed E-state index contributed by atoms with van der Waals surface area (Å²) in [6, 6.07) is 15.0. The van der Waals surface area contributed by atoms with Gasteiger partial charge in [-0.05, 0) is 35.7 Å². The third kappa shape index (κ3) is 4.08. The Morgan fingerprint density at radius 2 is 1.89 bits per heavy atom. The fraction of sp³-hybridized carbons (Fsp3) is 0.250. The first-order valence-electron chi connectivity index (χ1n) is 6.42. The molecule has 3 heteroatoms. The van der Waals surface area contributed by atoms with Crippen LogP contribution >= 0.6 is 11.8 Å². The number of rotatable bonds is 5. The number of thioether (sulfide) groups is 1. The summed E-state index contributed by atoms with van der Waals surface area (Å²) >= 11 is 1.58. The lowest BCUT2D eigenvalue weighted by atomic mass is 10.1. The van der Waals surface area contributed by atoms with Crippen molar-refractivity contribution in [1.29, 1.82) is 0 Å². The Morgan fingerprint density at radius 3 is 2.53 bits per heavy atom. The van der Waals surface area contributed by atoms with Crippen LogP contribution in [0.2, 0.25) is 0 Å². The maximum Gasteiger partial charge on any atom is 0.124 e. The van der Waals surface area contributed by atoms with Crippen LogP contribution in [0.3, 0.4) is 0 Å². The molecule has 0 heterocycles. The maximum absolute atomic E-state index is 13.1. The van der Waals surface area contributed by atoms with E-state index in [0.717, 1.165) is 22.6 Å². The van der Waals surface area contributed by atoms with Crippen LogP contribution in [0.4, 0.5) is 4.39 Å². The molecule has 100 valence electrons. The molecular formula is C16H18FNS. The number of hydrogen-bond donors (Lipinski definition) is 1. The van der Waals surface area contributed by atoms with Gasteiger partial charge < -0.3 is 5.73 Å². The SMILES string of the molecule is CCc1ccc(C(N)CSc2cccc(F)c2)cc1. The molecule has 0 saturated carbocycles. The summed E-state index contributed by atoms with van der Waals surface area (Å²) in [4.78, 5) is 0.917. The first kappa shape index (κ1) is 14.1. The van der Waals surface area contributed by atoms with Gasteiger partial charge in [0.05, 0.1) is 0 Å². The van der Waals surface area contributed by atoms with E-state index in [0.29, 0.717) is 0 Å². The number of aryl methyl sites for hydroxylation is 1. The molecule has 1 atom stereocenters. The zero-order valence-electron chi connectivity index (χ0n) is 11.0. The second kappa shape index (κ2) is 6.73.